The molecule has 0 radical (unpaired) electrons. The first-order valence-electron chi connectivity index (χ1n) is 8.24. The zero-order chi connectivity index (χ0) is 15.4. The molecule has 2 unspecified atom stereocenters. The van der Waals surface area contributed by atoms with E-state index < -0.39 is 0 Å². The van der Waals surface area contributed by atoms with Crippen LogP contribution in [0.1, 0.15) is 31.2 Å². The van der Waals surface area contributed by atoms with E-state index >= 15 is 0 Å². The molecule has 1 amide bonds. The highest BCUT2D eigenvalue weighted by atomic mass is 16.1. The lowest BCUT2D eigenvalue weighted by Crippen LogP contribution is -2.45. The first-order chi connectivity index (χ1) is 10.8. The molecular weight excluding hydrogens is 272 g/mol. The molecule has 1 aliphatic carbocycles. The minimum Gasteiger partial charge on any atom is -0.353 e. The van der Waals surface area contributed by atoms with Crippen molar-refractivity contribution in [2.75, 3.05) is 6.54 Å². The van der Waals surface area contributed by atoms with E-state index in [-0.39, 0.29) is 11.9 Å². The van der Waals surface area contributed by atoms with Gasteiger partial charge in [-0.25, -0.2) is 0 Å². The molecule has 3 rings (SSSR count). The molecule has 1 aliphatic rings. The van der Waals surface area contributed by atoms with Crippen molar-refractivity contribution in [1.29, 1.82) is 0 Å². The zero-order valence-electron chi connectivity index (χ0n) is 12.9. The third-order valence-electron chi connectivity index (χ3n) is 4.79. The number of rotatable bonds is 4. The maximum atomic E-state index is 12.4. The van der Waals surface area contributed by atoms with Crippen LogP contribution in [0.4, 0.5) is 0 Å². The molecule has 2 aromatic carbocycles. The number of amides is 1. The maximum Gasteiger partial charge on any atom is 0.224 e. The van der Waals surface area contributed by atoms with Gasteiger partial charge < -0.3 is 11.1 Å². The van der Waals surface area contributed by atoms with Gasteiger partial charge >= 0.3 is 0 Å². The van der Waals surface area contributed by atoms with Gasteiger partial charge in [0.25, 0.3) is 0 Å². The van der Waals surface area contributed by atoms with Crippen molar-refractivity contribution in [3.8, 4) is 0 Å². The predicted octanol–water partition coefficient (Wildman–Crippen LogP) is 3.02. The van der Waals surface area contributed by atoms with Gasteiger partial charge in [0.2, 0.25) is 5.91 Å². The topological polar surface area (TPSA) is 55.1 Å². The fourth-order valence-electron chi connectivity index (χ4n) is 3.56. The van der Waals surface area contributed by atoms with Crippen LogP contribution >= 0.6 is 0 Å². The first kappa shape index (κ1) is 15.0. The number of fused-ring (bicyclic) bond motifs is 1. The average Bonchev–Trinajstić information content (AvgIpc) is 2.55. The second kappa shape index (κ2) is 6.93. The summed E-state index contributed by atoms with van der Waals surface area (Å²) < 4.78 is 0. The normalized spacial score (nSPS) is 21.7. The van der Waals surface area contributed by atoms with Gasteiger partial charge in [-0.3, -0.25) is 4.79 Å². The van der Waals surface area contributed by atoms with E-state index in [0.717, 1.165) is 18.4 Å². The van der Waals surface area contributed by atoms with E-state index in [1.54, 1.807) is 0 Å². The minimum absolute atomic E-state index is 0.113. The Morgan fingerprint density at radius 2 is 1.86 bits per heavy atom. The predicted molar refractivity (Wildman–Crippen MR) is 90.6 cm³/mol. The van der Waals surface area contributed by atoms with Crippen molar-refractivity contribution in [1.82, 2.24) is 5.32 Å². The summed E-state index contributed by atoms with van der Waals surface area (Å²) in [4.78, 5) is 12.4. The van der Waals surface area contributed by atoms with Crippen molar-refractivity contribution in [2.45, 2.75) is 38.1 Å². The number of carbonyl (C=O) groups is 1. The highest BCUT2D eigenvalue weighted by Crippen LogP contribution is 2.24. The number of nitrogens with one attached hydrogen (secondary N) is 1. The van der Waals surface area contributed by atoms with Crippen molar-refractivity contribution in [3.63, 3.8) is 0 Å². The van der Waals surface area contributed by atoms with E-state index in [1.807, 2.05) is 24.3 Å². The quantitative estimate of drug-likeness (QED) is 0.911. The van der Waals surface area contributed by atoms with Crippen LogP contribution in [0.5, 0.6) is 0 Å². The van der Waals surface area contributed by atoms with Gasteiger partial charge in [0.1, 0.15) is 0 Å². The zero-order valence-corrected chi connectivity index (χ0v) is 12.9. The Labute approximate surface area is 131 Å². The van der Waals surface area contributed by atoms with Crippen molar-refractivity contribution < 1.29 is 4.79 Å². The lowest BCUT2D eigenvalue weighted by atomic mass is 9.84. The number of carbonyl (C=O) groups excluding carboxylic acids is 1. The van der Waals surface area contributed by atoms with Crippen LogP contribution in [0.15, 0.2) is 42.5 Å². The van der Waals surface area contributed by atoms with E-state index in [0.29, 0.717) is 18.9 Å². The molecular formula is C19H24N2O. The second-order valence-corrected chi connectivity index (χ2v) is 6.27. The summed E-state index contributed by atoms with van der Waals surface area (Å²) >= 11 is 0. The van der Waals surface area contributed by atoms with Crippen LogP contribution in [0.2, 0.25) is 0 Å². The molecule has 0 bridgehead atoms. The van der Waals surface area contributed by atoms with Gasteiger partial charge in [0.05, 0.1) is 6.42 Å². The lowest BCUT2D eigenvalue weighted by Gasteiger charge is -2.31. The maximum absolute atomic E-state index is 12.4. The van der Waals surface area contributed by atoms with Crippen LogP contribution < -0.4 is 11.1 Å². The summed E-state index contributed by atoms with van der Waals surface area (Å²) in [5.41, 5.74) is 6.94. The molecule has 0 spiro atoms. The molecule has 2 aromatic rings. The van der Waals surface area contributed by atoms with E-state index in [9.17, 15) is 4.79 Å². The Kier molecular flexibility index (Phi) is 4.74. The lowest BCUT2D eigenvalue weighted by molar-refractivity contribution is -0.121. The summed E-state index contributed by atoms with van der Waals surface area (Å²) in [5, 5.41) is 5.57. The van der Waals surface area contributed by atoms with Crippen LogP contribution in [0.25, 0.3) is 10.8 Å². The summed E-state index contributed by atoms with van der Waals surface area (Å²) in [6.07, 6.45) is 5.06. The Balaban J connectivity index is 1.70. The number of hydrogen-bond acceptors (Lipinski definition) is 2. The van der Waals surface area contributed by atoms with Gasteiger partial charge in [-0.15, -0.1) is 0 Å². The number of benzene rings is 2. The molecule has 3 N–H and O–H groups in total. The molecule has 0 aliphatic heterocycles. The van der Waals surface area contributed by atoms with E-state index in [1.165, 1.54) is 23.6 Å². The van der Waals surface area contributed by atoms with Gasteiger partial charge in [-0.1, -0.05) is 55.3 Å². The monoisotopic (exact) mass is 296 g/mol. The second-order valence-electron chi connectivity index (χ2n) is 6.27. The van der Waals surface area contributed by atoms with Gasteiger partial charge in [-0.2, -0.15) is 0 Å². The number of nitrogens with two attached hydrogens (primary N) is 1. The Bertz CT molecular complexity index is 647. The fraction of sp³-hybridized carbons (Fsp3) is 0.421. The largest absolute Gasteiger partial charge is 0.353 e. The standard InChI is InChI=1S/C19H24N2O/c20-13-16-7-2-4-11-18(16)21-19(22)12-15-9-5-8-14-6-1-3-10-17(14)15/h1,3,5-6,8-10,16,18H,2,4,7,11-13,20H2,(H,21,22). The van der Waals surface area contributed by atoms with Crippen molar-refractivity contribution >= 4 is 16.7 Å². The molecule has 1 saturated carbocycles. The SMILES string of the molecule is NCC1CCCCC1NC(=O)Cc1cccc2ccccc12. The molecule has 3 heteroatoms. The third-order valence-corrected chi connectivity index (χ3v) is 4.79. The molecule has 0 aromatic heterocycles. The summed E-state index contributed by atoms with van der Waals surface area (Å²) in [6.45, 7) is 0.666. The Morgan fingerprint density at radius 1 is 1.09 bits per heavy atom. The minimum atomic E-state index is 0.113. The Morgan fingerprint density at radius 3 is 2.73 bits per heavy atom. The fourth-order valence-corrected chi connectivity index (χ4v) is 3.56. The molecule has 2 atom stereocenters. The summed E-state index contributed by atoms with van der Waals surface area (Å²) in [5.74, 6) is 0.548. The van der Waals surface area contributed by atoms with Crippen molar-refractivity contribution in [3.05, 3.63) is 48.0 Å². The van der Waals surface area contributed by atoms with E-state index in [4.69, 9.17) is 5.73 Å². The summed E-state index contributed by atoms with van der Waals surface area (Å²) in [6, 6.07) is 14.6. The smallest absolute Gasteiger partial charge is 0.224 e. The molecule has 0 saturated heterocycles. The van der Waals surface area contributed by atoms with Crippen LogP contribution in [-0.4, -0.2) is 18.5 Å². The van der Waals surface area contributed by atoms with Gasteiger partial charge in [0.15, 0.2) is 0 Å². The molecule has 22 heavy (non-hydrogen) atoms. The van der Waals surface area contributed by atoms with Crippen LogP contribution in [0.3, 0.4) is 0 Å². The van der Waals surface area contributed by atoms with Gasteiger partial charge in [0, 0.05) is 6.04 Å². The molecule has 3 nitrogen and oxygen atoms in total. The van der Waals surface area contributed by atoms with E-state index in [2.05, 4.69) is 23.5 Å². The molecule has 0 heterocycles. The molecule has 116 valence electrons. The van der Waals surface area contributed by atoms with Crippen molar-refractivity contribution in [2.24, 2.45) is 11.7 Å². The summed E-state index contributed by atoms with van der Waals surface area (Å²) in [7, 11) is 0. The Hall–Kier alpha value is -1.87. The molecule has 1 fully saturated rings. The number of hydrogen-bond donors (Lipinski definition) is 2. The third kappa shape index (κ3) is 3.30. The highest BCUT2D eigenvalue weighted by molar-refractivity contribution is 5.90. The average molecular weight is 296 g/mol. The van der Waals surface area contributed by atoms with Crippen LogP contribution in [-0.2, 0) is 11.2 Å². The highest BCUT2D eigenvalue weighted by Gasteiger charge is 2.25. The first-order valence-corrected chi connectivity index (χ1v) is 8.24. The van der Waals surface area contributed by atoms with Gasteiger partial charge in [-0.05, 0) is 41.6 Å². The van der Waals surface area contributed by atoms with Crippen LogP contribution in [0, 0.1) is 5.92 Å².